The lowest BCUT2D eigenvalue weighted by molar-refractivity contribution is -0.155. The van der Waals surface area contributed by atoms with E-state index in [9.17, 15) is 9.59 Å². The highest BCUT2D eigenvalue weighted by Crippen LogP contribution is 2.16. The summed E-state index contributed by atoms with van der Waals surface area (Å²) in [6.07, 6.45) is 6.19. The summed E-state index contributed by atoms with van der Waals surface area (Å²) in [5.74, 6) is -0.395. The molecule has 2 aromatic rings. The molecule has 1 unspecified atom stereocenters. The van der Waals surface area contributed by atoms with Crippen molar-refractivity contribution in [3.63, 3.8) is 0 Å². The first kappa shape index (κ1) is 17.2. The number of esters is 1. The van der Waals surface area contributed by atoms with Crippen LogP contribution in [0.3, 0.4) is 0 Å². The van der Waals surface area contributed by atoms with Crippen LogP contribution in [0.5, 0.6) is 0 Å². The second-order valence-electron chi connectivity index (χ2n) is 6.17. The monoisotopic (exact) mass is 342 g/mol. The number of hydrogen-bond donors (Lipinski definition) is 0. The molecule has 0 bridgehead atoms. The molecule has 1 aromatic carbocycles. The van der Waals surface area contributed by atoms with Gasteiger partial charge in [-0.1, -0.05) is 25.0 Å². The van der Waals surface area contributed by atoms with Gasteiger partial charge in [-0.05, 0) is 31.9 Å². The van der Waals surface area contributed by atoms with Crippen molar-refractivity contribution in [2.24, 2.45) is 0 Å². The van der Waals surface area contributed by atoms with Crippen LogP contribution < -0.4 is 0 Å². The Morgan fingerprint density at radius 2 is 1.92 bits per heavy atom. The molecule has 0 aliphatic carbocycles. The first-order valence-electron chi connectivity index (χ1n) is 8.66. The van der Waals surface area contributed by atoms with Crippen molar-refractivity contribution in [2.75, 3.05) is 13.1 Å². The number of carbonyl (C=O) groups is 2. The predicted molar refractivity (Wildman–Crippen MR) is 93.6 cm³/mol. The van der Waals surface area contributed by atoms with Gasteiger partial charge in [-0.15, -0.1) is 0 Å². The van der Waals surface area contributed by atoms with Gasteiger partial charge in [0.05, 0.1) is 0 Å². The maximum Gasteiger partial charge on any atom is 0.331 e. The van der Waals surface area contributed by atoms with Crippen LogP contribution >= 0.6 is 0 Å². The van der Waals surface area contributed by atoms with Gasteiger partial charge in [-0.3, -0.25) is 4.79 Å². The fraction of sp³-hybridized carbons (Fsp3) is 0.421. The Hall–Kier alpha value is -2.63. The third-order valence-corrected chi connectivity index (χ3v) is 4.23. The summed E-state index contributed by atoms with van der Waals surface area (Å²) < 4.78 is 10.7. The first-order valence-corrected chi connectivity index (χ1v) is 8.66. The number of ether oxygens (including phenoxy) is 1. The van der Waals surface area contributed by atoms with E-state index >= 15 is 0 Å². The second kappa shape index (κ2) is 7.96. The smallest absolute Gasteiger partial charge is 0.331 e. The molecule has 1 atom stereocenters. The van der Waals surface area contributed by atoms with Crippen molar-refractivity contribution in [1.29, 1.82) is 0 Å². The van der Waals surface area contributed by atoms with Crippen LogP contribution in [0.25, 0.3) is 17.2 Å². The fourth-order valence-corrected chi connectivity index (χ4v) is 2.91. The fourth-order valence-electron chi connectivity index (χ4n) is 2.91. The Kier molecular flexibility index (Phi) is 5.48. The van der Waals surface area contributed by atoms with Crippen LogP contribution in [0.15, 0.2) is 34.8 Å². The minimum Gasteiger partial charge on any atom is -0.449 e. The molecule has 6 nitrogen and oxygen atoms in total. The molecule has 0 saturated carbocycles. The molecule has 0 radical (unpaired) electrons. The summed E-state index contributed by atoms with van der Waals surface area (Å²) in [6.45, 7) is 3.08. The van der Waals surface area contributed by atoms with Crippen LogP contribution in [-0.2, 0) is 14.3 Å². The van der Waals surface area contributed by atoms with Gasteiger partial charge < -0.3 is 14.1 Å². The Morgan fingerprint density at radius 3 is 2.64 bits per heavy atom. The number of rotatable bonds is 4. The average molecular weight is 342 g/mol. The van der Waals surface area contributed by atoms with Gasteiger partial charge in [-0.25, -0.2) is 9.78 Å². The third-order valence-electron chi connectivity index (χ3n) is 4.23. The van der Waals surface area contributed by atoms with Gasteiger partial charge >= 0.3 is 5.97 Å². The lowest BCUT2D eigenvalue weighted by Gasteiger charge is -2.23. The largest absolute Gasteiger partial charge is 0.449 e. The summed E-state index contributed by atoms with van der Waals surface area (Å²) in [7, 11) is 0. The molecule has 0 spiro atoms. The van der Waals surface area contributed by atoms with E-state index in [1.54, 1.807) is 17.9 Å². The minimum absolute atomic E-state index is 0.134. The average Bonchev–Trinajstić information content (AvgIpc) is 2.83. The highest BCUT2D eigenvalue weighted by atomic mass is 16.5. The van der Waals surface area contributed by atoms with Gasteiger partial charge in [-0.2, -0.15) is 0 Å². The molecule has 132 valence electrons. The van der Waals surface area contributed by atoms with E-state index in [4.69, 9.17) is 9.15 Å². The molecule has 1 aliphatic heterocycles. The van der Waals surface area contributed by atoms with Crippen LogP contribution in [0, 0.1) is 0 Å². The summed E-state index contributed by atoms with van der Waals surface area (Å²) in [6, 6.07) is 7.35. The van der Waals surface area contributed by atoms with Gasteiger partial charge in [0.25, 0.3) is 5.91 Å². The molecule has 3 rings (SSSR count). The lowest BCUT2D eigenvalue weighted by atomic mass is 10.2. The molecular weight excluding hydrogens is 320 g/mol. The van der Waals surface area contributed by atoms with E-state index in [1.807, 2.05) is 18.2 Å². The SMILES string of the molecule is CC(OC(=O)/C=C/c1nc2ccccc2o1)C(=O)N1CCCCCC1. The Morgan fingerprint density at radius 1 is 1.20 bits per heavy atom. The van der Waals surface area contributed by atoms with E-state index in [-0.39, 0.29) is 5.91 Å². The van der Waals surface area contributed by atoms with Crippen LogP contribution in [0.2, 0.25) is 0 Å². The molecule has 1 saturated heterocycles. The van der Waals surface area contributed by atoms with E-state index < -0.39 is 12.1 Å². The summed E-state index contributed by atoms with van der Waals surface area (Å²) in [5.41, 5.74) is 1.38. The van der Waals surface area contributed by atoms with E-state index in [2.05, 4.69) is 4.98 Å². The third kappa shape index (κ3) is 4.47. The molecule has 25 heavy (non-hydrogen) atoms. The molecule has 1 amide bonds. The number of benzene rings is 1. The molecular formula is C19H22N2O4. The summed E-state index contributed by atoms with van der Waals surface area (Å²) in [5, 5.41) is 0. The Labute approximate surface area is 146 Å². The molecule has 1 aromatic heterocycles. The number of carbonyl (C=O) groups excluding carboxylic acids is 2. The van der Waals surface area contributed by atoms with Crippen molar-refractivity contribution in [2.45, 2.75) is 38.7 Å². The van der Waals surface area contributed by atoms with Gasteiger partial charge in [0.2, 0.25) is 5.89 Å². The van der Waals surface area contributed by atoms with Crippen LogP contribution in [0.1, 0.15) is 38.5 Å². The number of aromatic nitrogens is 1. The van der Waals surface area contributed by atoms with E-state index in [0.29, 0.717) is 11.5 Å². The van der Waals surface area contributed by atoms with Crippen molar-refractivity contribution < 1.29 is 18.7 Å². The van der Waals surface area contributed by atoms with Gasteiger partial charge in [0.1, 0.15) is 5.52 Å². The quantitative estimate of drug-likeness (QED) is 0.630. The number of para-hydroxylation sites is 2. The standard InChI is InChI=1S/C19H22N2O4/c1-14(19(23)21-12-6-2-3-7-13-21)24-18(22)11-10-17-20-15-8-4-5-9-16(15)25-17/h4-5,8-11,14H,2-3,6-7,12-13H2,1H3/b11-10+. The van der Waals surface area contributed by atoms with Crippen molar-refractivity contribution in [3.8, 4) is 0 Å². The van der Waals surface area contributed by atoms with Gasteiger partial charge in [0.15, 0.2) is 11.7 Å². The molecule has 1 fully saturated rings. The molecule has 1 aliphatic rings. The Balaban J connectivity index is 1.56. The first-order chi connectivity index (χ1) is 12.1. The molecule has 6 heteroatoms. The zero-order valence-corrected chi connectivity index (χ0v) is 14.3. The normalized spacial score (nSPS) is 16.8. The predicted octanol–water partition coefficient (Wildman–Crippen LogP) is 3.18. The number of hydrogen-bond acceptors (Lipinski definition) is 5. The van der Waals surface area contributed by atoms with Gasteiger partial charge in [0, 0.05) is 25.2 Å². The second-order valence-corrected chi connectivity index (χ2v) is 6.17. The number of oxazole rings is 1. The van der Waals surface area contributed by atoms with Crippen molar-refractivity contribution in [3.05, 3.63) is 36.2 Å². The lowest BCUT2D eigenvalue weighted by Crippen LogP contribution is -2.40. The highest BCUT2D eigenvalue weighted by molar-refractivity contribution is 5.90. The van der Waals surface area contributed by atoms with E-state index in [1.165, 1.54) is 12.2 Å². The zero-order valence-electron chi connectivity index (χ0n) is 14.3. The number of nitrogens with zero attached hydrogens (tertiary/aromatic N) is 2. The Bertz CT molecular complexity index is 740. The summed E-state index contributed by atoms with van der Waals surface area (Å²) >= 11 is 0. The molecule has 0 N–H and O–H groups in total. The molecule has 2 heterocycles. The maximum absolute atomic E-state index is 12.4. The highest BCUT2D eigenvalue weighted by Gasteiger charge is 2.23. The van der Waals surface area contributed by atoms with E-state index in [0.717, 1.165) is 44.3 Å². The zero-order chi connectivity index (χ0) is 17.6. The number of likely N-dealkylation sites (tertiary alicyclic amines) is 1. The van der Waals surface area contributed by atoms with Crippen molar-refractivity contribution in [1.82, 2.24) is 9.88 Å². The maximum atomic E-state index is 12.4. The van der Waals surface area contributed by atoms with Crippen LogP contribution in [0.4, 0.5) is 0 Å². The number of fused-ring (bicyclic) bond motifs is 1. The number of amides is 1. The van der Waals surface area contributed by atoms with Crippen molar-refractivity contribution >= 4 is 29.1 Å². The minimum atomic E-state index is -0.793. The summed E-state index contributed by atoms with van der Waals surface area (Å²) in [4.78, 5) is 30.4. The van der Waals surface area contributed by atoms with Crippen LogP contribution in [-0.4, -0.2) is 41.0 Å². The topological polar surface area (TPSA) is 72.6 Å².